The van der Waals surface area contributed by atoms with Crippen molar-refractivity contribution in [1.29, 1.82) is 0 Å². The average molecular weight is 430 g/mol. The number of halogens is 3. The fourth-order valence-corrected chi connectivity index (χ4v) is 4.06. The van der Waals surface area contributed by atoms with Gasteiger partial charge in [0.15, 0.2) is 5.65 Å². The van der Waals surface area contributed by atoms with Gasteiger partial charge in [-0.2, -0.15) is 0 Å². The van der Waals surface area contributed by atoms with Gasteiger partial charge in [-0.1, -0.05) is 0 Å². The van der Waals surface area contributed by atoms with Crippen LogP contribution in [-0.4, -0.2) is 29.2 Å². The quantitative estimate of drug-likeness (QED) is 0.653. The van der Waals surface area contributed by atoms with Crippen LogP contribution in [0.2, 0.25) is 0 Å². The Labute approximate surface area is 157 Å². The summed E-state index contributed by atoms with van der Waals surface area (Å²) in [5.74, 6) is -1.15. The lowest BCUT2D eigenvalue weighted by molar-refractivity contribution is 0.399. The Morgan fingerprint density at radius 3 is 2.40 bits per heavy atom. The molecular weight excluding hydrogens is 412 g/mol. The summed E-state index contributed by atoms with van der Waals surface area (Å²) in [7, 11) is 2.80. The van der Waals surface area contributed by atoms with Gasteiger partial charge in [-0.3, -0.25) is 0 Å². The first-order chi connectivity index (χ1) is 12.0. The third-order valence-electron chi connectivity index (χ3n) is 3.51. The van der Waals surface area contributed by atoms with E-state index in [4.69, 9.17) is 5.11 Å². The molecule has 0 saturated heterocycles. The Balaban J connectivity index is 0.00000109. The normalized spacial score (nSPS) is 12.0. The summed E-state index contributed by atoms with van der Waals surface area (Å²) in [6.45, 7) is 1.94. The third kappa shape index (κ3) is 4.78. The summed E-state index contributed by atoms with van der Waals surface area (Å²) in [5, 5.41) is 11.1. The molecule has 0 fully saturated rings. The van der Waals surface area contributed by atoms with Gasteiger partial charge in [-0.05, 0) is 60.1 Å². The summed E-state index contributed by atoms with van der Waals surface area (Å²) in [4.78, 5) is 9.02. The smallest absolute Gasteiger partial charge is 0.170 e. The lowest BCUT2D eigenvalue weighted by Gasteiger charge is -2.17. The van der Waals surface area contributed by atoms with Gasteiger partial charge in [0.05, 0.1) is 21.4 Å². The number of nitrogens with one attached hydrogen (secondary N) is 1. The van der Waals surface area contributed by atoms with Crippen LogP contribution in [0.4, 0.5) is 8.78 Å². The average Bonchev–Trinajstić information content (AvgIpc) is 2.92. The van der Waals surface area contributed by atoms with Gasteiger partial charge in [0, 0.05) is 17.6 Å². The van der Waals surface area contributed by atoms with Crippen molar-refractivity contribution in [1.82, 2.24) is 15.3 Å². The van der Waals surface area contributed by atoms with Crippen LogP contribution in [-0.2, 0) is 6.42 Å². The predicted molar refractivity (Wildman–Crippen MR) is 99.9 cm³/mol. The SMILES string of the molecule is CNC(Cc1cc(F)cc(F)c1)c1nc2nc(C)sc2cc1Br.CO. The molecule has 0 aliphatic carbocycles. The van der Waals surface area contributed by atoms with E-state index in [0.29, 0.717) is 17.6 Å². The summed E-state index contributed by atoms with van der Waals surface area (Å²) in [5.41, 5.74) is 2.04. The molecule has 1 unspecified atom stereocenters. The first-order valence-corrected chi connectivity index (χ1v) is 9.07. The molecule has 2 aromatic heterocycles. The van der Waals surface area contributed by atoms with Crippen molar-refractivity contribution in [3.8, 4) is 0 Å². The van der Waals surface area contributed by atoms with Gasteiger partial charge in [-0.25, -0.2) is 18.7 Å². The number of hydrogen-bond donors (Lipinski definition) is 2. The van der Waals surface area contributed by atoms with Crippen molar-refractivity contribution in [2.45, 2.75) is 19.4 Å². The maximum absolute atomic E-state index is 13.4. The molecule has 8 heteroatoms. The van der Waals surface area contributed by atoms with Crippen molar-refractivity contribution >= 4 is 37.6 Å². The largest absolute Gasteiger partial charge is 0.400 e. The molecule has 2 heterocycles. The van der Waals surface area contributed by atoms with Crippen molar-refractivity contribution in [3.05, 3.63) is 56.6 Å². The maximum atomic E-state index is 13.4. The van der Waals surface area contributed by atoms with Crippen molar-refractivity contribution in [3.63, 3.8) is 0 Å². The highest BCUT2D eigenvalue weighted by atomic mass is 79.9. The second kappa shape index (κ2) is 8.75. The number of fused-ring (bicyclic) bond motifs is 1. The Kier molecular flexibility index (Phi) is 6.95. The molecule has 0 amide bonds. The number of aliphatic hydroxyl groups is 1. The highest BCUT2D eigenvalue weighted by Crippen LogP contribution is 2.30. The predicted octanol–water partition coefficient (Wildman–Crippen LogP) is 4.15. The molecule has 0 radical (unpaired) electrons. The molecular formula is C17H18BrF2N3OS. The Hall–Kier alpha value is -1.48. The van der Waals surface area contributed by atoms with Gasteiger partial charge in [0.25, 0.3) is 0 Å². The minimum atomic E-state index is -0.576. The number of pyridine rings is 1. The number of thiazole rings is 1. The van der Waals surface area contributed by atoms with Crippen LogP contribution in [0.25, 0.3) is 10.3 Å². The minimum absolute atomic E-state index is 0.183. The number of aromatic nitrogens is 2. The van der Waals surface area contributed by atoms with Crippen LogP contribution in [0, 0.1) is 18.6 Å². The molecule has 1 atom stereocenters. The van der Waals surface area contributed by atoms with Gasteiger partial charge in [0.2, 0.25) is 0 Å². The topological polar surface area (TPSA) is 58.0 Å². The molecule has 25 heavy (non-hydrogen) atoms. The number of benzene rings is 1. The molecule has 3 aromatic rings. The summed E-state index contributed by atoms with van der Waals surface area (Å²) < 4.78 is 28.6. The molecule has 0 aliphatic rings. The van der Waals surface area contributed by atoms with Crippen LogP contribution in [0.5, 0.6) is 0 Å². The zero-order valence-electron chi connectivity index (χ0n) is 14.0. The zero-order valence-corrected chi connectivity index (χ0v) is 16.4. The highest BCUT2D eigenvalue weighted by Gasteiger charge is 2.18. The highest BCUT2D eigenvalue weighted by molar-refractivity contribution is 9.10. The van der Waals surface area contributed by atoms with E-state index >= 15 is 0 Å². The van der Waals surface area contributed by atoms with E-state index in [9.17, 15) is 8.78 Å². The van der Waals surface area contributed by atoms with Crippen molar-refractivity contribution < 1.29 is 13.9 Å². The van der Waals surface area contributed by atoms with Crippen LogP contribution < -0.4 is 5.32 Å². The van der Waals surface area contributed by atoms with E-state index in [1.54, 1.807) is 18.4 Å². The fourth-order valence-electron chi connectivity index (χ4n) is 2.51. The monoisotopic (exact) mass is 429 g/mol. The summed E-state index contributed by atoms with van der Waals surface area (Å²) in [6, 6.07) is 5.35. The minimum Gasteiger partial charge on any atom is -0.400 e. The number of aryl methyl sites for hydroxylation is 1. The van der Waals surface area contributed by atoms with E-state index in [0.717, 1.165) is 33.1 Å². The number of nitrogens with zero attached hydrogens (tertiary/aromatic N) is 2. The lowest BCUT2D eigenvalue weighted by Crippen LogP contribution is -2.20. The van der Waals surface area contributed by atoms with Crippen LogP contribution >= 0.6 is 27.3 Å². The Bertz CT molecular complexity index is 852. The molecule has 1 aromatic carbocycles. The molecule has 0 aliphatic heterocycles. The van der Waals surface area contributed by atoms with Gasteiger partial charge in [0.1, 0.15) is 11.6 Å². The van der Waals surface area contributed by atoms with Crippen LogP contribution in [0.3, 0.4) is 0 Å². The molecule has 0 saturated carbocycles. The van der Waals surface area contributed by atoms with Crippen LogP contribution in [0.1, 0.15) is 22.3 Å². The first-order valence-electron chi connectivity index (χ1n) is 7.47. The number of likely N-dealkylation sites (N-methyl/N-ethyl adjacent to an activating group) is 1. The van der Waals surface area contributed by atoms with Crippen molar-refractivity contribution in [2.24, 2.45) is 0 Å². The van der Waals surface area contributed by atoms with E-state index in [-0.39, 0.29) is 6.04 Å². The second-order valence-electron chi connectivity index (χ2n) is 5.23. The molecule has 4 nitrogen and oxygen atoms in total. The molecule has 134 valence electrons. The van der Waals surface area contributed by atoms with Gasteiger partial charge >= 0.3 is 0 Å². The first kappa shape index (κ1) is 19.8. The maximum Gasteiger partial charge on any atom is 0.170 e. The molecule has 2 N–H and O–H groups in total. The van der Waals surface area contributed by atoms with Gasteiger partial charge < -0.3 is 10.4 Å². The van der Waals surface area contributed by atoms with E-state index in [2.05, 4.69) is 31.2 Å². The fraction of sp³-hybridized carbons (Fsp3) is 0.294. The van der Waals surface area contributed by atoms with E-state index < -0.39 is 11.6 Å². The van der Waals surface area contributed by atoms with Crippen LogP contribution in [0.15, 0.2) is 28.7 Å². The Morgan fingerprint density at radius 1 is 1.16 bits per heavy atom. The van der Waals surface area contributed by atoms with Gasteiger partial charge in [-0.15, -0.1) is 11.3 Å². The Morgan fingerprint density at radius 2 is 1.80 bits per heavy atom. The molecule has 0 spiro atoms. The van der Waals surface area contributed by atoms with E-state index in [1.165, 1.54) is 12.1 Å². The standard InChI is InChI=1S/C16H14BrF2N3S.CH4O/c1-8-21-16-14(23-8)7-12(17)15(22-16)13(20-2)5-9-3-10(18)6-11(19)4-9;1-2/h3-4,6-7,13,20H,5H2,1-2H3;2H,1H3. The summed E-state index contributed by atoms with van der Waals surface area (Å²) in [6.07, 6.45) is 0.422. The lowest BCUT2D eigenvalue weighted by atomic mass is 10.0. The number of hydrogen-bond acceptors (Lipinski definition) is 5. The number of aliphatic hydroxyl groups excluding tert-OH is 1. The molecule has 0 bridgehead atoms. The summed E-state index contributed by atoms with van der Waals surface area (Å²) >= 11 is 5.12. The zero-order chi connectivity index (χ0) is 18.6. The third-order valence-corrected chi connectivity index (χ3v) is 5.05. The second-order valence-corrected chi connectivity index (χ2v) is 7.32. The van der Waals surface area contributed by atoms with E-state index in [1.807, 2.05) is 13.0 Å². The number of rotatable bonds is 4. The molecule has 3 rings (SSSR count). The van der Waals surface area contributed by atoms with Crippen molar-refractivity contribution in [2.75, 3.05) is 14.2 Å².